The van der Waals surface area contributed by atoms with Crippen molar-refractivity contribution in [1.82, 2.24) is 15.3 Å². The van der Waals surface area contributed by atoms with Gasteiger partial charge in [0.1, 0.15) is 5.69 Å². The van der Waals surface area contributed by atoms with E-state index in [-0.39, 0.29) is 18.1 Å². The smallest absolute Gasteiger partial charge is 0.271 e. The van der Waals surface area contributed by atoms with Crippen LogP contribution >= 0.6 is 27.7 Å². The lowest BCUT2D eigenvalue weighted by Crippen LogP contribution is -2.33. The first-order valence-electron chi connectivity index (χ1n) is 7.79. The van der Waals surface area contributed by atoms with E-state index in [1.165, 1.54) is 11.8 Å². The van der Waals surface area contributed by atoms with Gasteiger partial charge in [0, 0.05) is 17.6 Å². The maximum absolute atomic E-state index is 12.3. The zero-order valence-corrected chi connectivity index (χ0v) is 16.4. The van der Waals surface area contributed by atoms with Crippen molar-refractivity contribution in [3.05, 3.63) is 46.2 Å². The molecule has 0 fully saturated rings. The van der Waals surface area contributed by atoms with Gasteiger partial charge in [-0.2, -0.15) is 0 Å². The van der Waals surface area contributed by atoms with Gasteiger partial charge in [-0.3, -0.25) is 9.59 Å². The average molecular weight is 423 g/mol. The van der Waals surface area contributed by atoms with Crippen molar-refractivity contribution in [1.29, 1.82) is 0 Å². The number of hydrogen-bond donors (Lipinski definition) is 2. The normalized spacial score (nSPS) is 10.4. The van der Waals surface area contributed by atoms with Crippen LogP contribution in [0.1, 0.15) is 29.4 Å². The van der Waals surface area contributed by atoms with Gasteiger partial charge in [-0.15, -0.1) is 0 Å². The summed E-state index contributed by atoms with van der Waals surface area (Å²) in [5.41, 5.74) is 2.01. The summed E-state index contributed by atoms with van der Waals surface area (Å²) in [4.78, 5) is 32.6. The summed E-state index contributed by atoms with van der Waals surface area (Å²) in [6, 6.07) is 7.43. The third-order valence-corrected chi connectivity index (χ3v) is 4.76. The molecule has 1 aromatic carbocycles. The second kappa shape index (κ2) is 9.53. The molecule has 0 saturated heterocycles. The highest BCUT2D eigenvalue weighted by Gasteiger charge is 2.15. The number of thioether (sulfide) groups is 1. The molecule has 0 radical (unpaired) electrons. The van der Waals surface area contributed by atoms with E-state index < -0.39 is 5.91 Å². The van der Waals surface area contributed by atoms with Crippen LogP contribution in [0, 0.1) is 6.92 Å². The molecule has 2 N–H and O–H groups in total. The van der Waals surface area contributed by atoms with Gasteiger partial charge in [0.25, 0.3) is 5.91 Å². The van der Waals surface area contributed by atoms with Crippen LogP contribution in [0.2, 0.25) is 0 Å². The molecular weight excluding hydrogens is 404 g/mol. The lowest BCUT2D eigenvalue weighted by Gasteiger charge is -2.08. The number of amides is 2. The largest absolute Gasteiger partial charge is 0.342 e. The molecule has 2 rings (SSSR count). The van der Waals surface area contributed by atoms with Crippen molar-refractivity contribution in [2.75, 3.05) is 17.6 Å². The maximum atomic E-state index is 12.3. The molecule has 0 aliphatic rings. The molecule has 0 saturated carbocycles. The van der Waals surface area contributed by atoms with Crippen LogP contribution in [-0.2, 0) is 4.79 Å². The molecule has 1 heterocycles. The number of halogens is 1. The molecule has 1 aromatic heterocycles. The monoisotopic (exact) mass is 422 g/mol. The van der Waals surface area contributed by atoms with Crippen molar-refractivity contribution in [2.45, 2.75) is 25.4 Å². The molecule has 2 aromatic rings. The molecule has 0 spiro atoms. The summed E-state index contributed by atoms with van der Waals surface area (Å²) in [6.07, 6.45) is 2.54. The van der Waals surface area contributed by atoms with E-state index in [1.807, 2.05) is 31.2 Å². The van der Waals surface area contributed by atoms with Gasteiger partial charge in [0.2, 0.25) is 5.91 Å². The number of nitrogens with zero attached hydrogens (tertiary/aromatic N) is 2. The molecule has 0 bridgehead atoms. The second-order valence-electron chi connectivity index (χ2n) is 5.29. The SMILES string of the molecule is CCCSc1ncc(Br)c(C(=O)NCC(=O)Nc2ccc(C)cc2)n1. The number of benzene rings is 1. The summed E-state index contributed by atoms with van der Waals surface area (Å²) in [5.74, 6) is 0.149. The number of hydrogen-bond acceptors (Lipinski definition) is 5. The molecule has 0 atom stereocenters. The Morgan fingerprint density at radius 2 is 1.96 bits per heavy atom. The van der Waals surface area contributed by atoms with Crippen LogP contribution in [0.3, 0.4) is 0 Å². The fourth-order valence-corrected chi connectivity index (χ4v) is 2.90. The lowest BCUT2D eigenvalue weighted by molar-refractivity contribution is -0.115. The third-order valence-electron chi connectivity index (χ3n) is 3.12. The predicted octanol–water partition coefficient (Wildman–Crippen LogP) is 3.42. The van der Waals surface area contributed by atoms with Crippen molar-refractivity contribution >= 4 is 45.2 Å². The van der Waals surface area contributed by atoms with E-state index in [2.05, 4.69) is 43.5 Å². The summed E-state index contributed by atoms with van der Waals surface area (Å²) in [7, 11) is 0. The van der Waals surface area contributed by atoms with E-state index in [0.717, 1.165) is 17.7 Å². The Morgan fingerprint density at radius 1 is 1.24 bits per heavy atom. The molecule has 2 amide bonds. The van der Waals surface area contributed by atoms with Crippen molar-refractivity contribution in [2.24, 2.45) is 0 Å². The van der Waals surface area contributed by atoms with Crippen molar-refractivity contribution in [3.8, 4) is 0 Å². The molecule has 0 aliphatic carbocycles. The highest BCUT2D eigenvalue weighted by Crippen LogP contribution is 2.19. The topological polar surface area (TPSA) is 84.0 Å². The Balaban J connectivity index is 1.92. The van der Waals surface area contributed by atoms with Gasteiger partial charge in [-0.25, -0.2) is 9.97 Å². The van der Waals surface area contributed by atoms with E-state index >= 15 is 0 Å². The van der Waals surface area contributed by atoms with E-state index in [1.54, 1.807) is 6.20 Å². The minimum atomic E-state index is -0.424. The van der Waals surface area contributed by atoms with Gasteiger partial charge < -0.3 is 10.6 Å². The minimum Gasteiger partial charge on any atom is -0.342 e. The van der Waals surface area contributed by atoms with Crippen LogP contribution in [0.15, 0.2) is 40.1 Å². The van der Waals surface area contributed by atoms with Gasteiger partial charge in [0.15, 0.2) is 5.16 Å². The fourth-order valence-electron chi connectivity index (χ4n) is 1.86. The molecular formula is C17H19BrN4O2S. The van der Waals surface area contributed by atoms with Crippen LogP contribution in [0.25, 0.3) is 0 Å². The summed E-state index contributed by atoms with van der Waals surface area (Å²) >= 11 is 4.76. The summed E-state index contributed by atoms with van der Waals surface area (Å²) in [5, 5.41) is 5.84. The van der Waals surface area contributed by atoms with Crippen LogP contribution in [0.5, 0.6) is 0 Å². The lowest BCUT2D eigenvalue weighted by atomic mass is 10.2. The first-order valence-corrected chi connectivity index (χ1v) is 9.57. The Morgan fingerprint density at radius 3 is 2.64 bits per heavy atom. The number of nitrogens with one attached hydrogen (secondary N) is 2. The van der Waals surface area contributed by atoms with Crippen molar-refractivity contribution < 1.29 is 9.59 Å². The van der Waals surface area contributed by atoms with Gasteiger partial charge in [0.05, 0.1) is 11.0 Å². The van der Waals surface area contributed by atoms with E-state index in [0.29, 0.717) is 15.3 Å². The van der Waals surface area contributed by atoms with Gasteiger partial charge >= 0.3 is 0 Å². The Labute approximate surface area is 159 Å². The van der Waals surface area contributed by atoms with E-state index in [9.17, 15) is 9.59 Å². The zero-order valence-electron chi connectivity index (χ0n) is 14.0. The number of carbonyl (C=O) groups is 2. The quantitative estimate of drug-likeness (QED) is 0.527. The first-order chi connectivity index (χ1) is 12.0. The summed E-state index contributed by atoms with van der Waals surface area (Å²) < 4.78 is 0.491. The Bertz CT molecular complexity index is 753. The molecule has 25 heavy (non-hydrogen) atoms. The minimum absolute atomic E-state index is 0.138. The number of aromatic nitrogens is 2. The van der Waals surface area contributed by atoms with Crippen LogP contribution in [-0.4, -0.2) is 34.1 Å². The number of aryl methyl sites for hydroxylation is 1. The van der Waals surface area contributed by atoms with Crippen LogP contribution < -0.4 is 10.6 Å². The number of anilines is 1. The molecule has 6 nitrogen and oxygen atoms in total. The molecule has 132 valence electrons. The number of carbonyl (C=O) groups excluding carboxylic acids is 2. The zero-order chi connectivity index (χ0) is 18.2. The summed E-state index contributed by atoms with van der Waals surface area (Å²) in [6.45, 7) is 3.89. The maximum Gasteiger partial charge on any atom is 0.271 e. The first kappa shape index (κ1) is 19.4. The fraction of sp³-hybridized carbons (Fsp3) is 0.294. The molecule has 0 unspecified atom stereocenters. The van der Waals surface area contributed by atoms with Gasteiger partial charge in [-0.05, 0) is 41.4 Å². The molecule has 0 aliphatic heterocycles. The average Bonchev–Trinajstić information content (AvgIpc) is 2.61. The highest BCUT2D eigenvalue weighted by molar-refractivity contribution is 9.10. The Kier molecular flexibility index (Phi) is 7.39. The second-order valence-corrected chi connectivity index (χ2v) is 7.21. The predicted molar refractivity (Wildman–Crippen MR) is 103 cm³/mol. The molecule has 8 heteroatoms. The Hall–Kier alpha value is -1.93. The number of rotatable bonds is 7. The van der Waals surface area contributed by atoms with E-state index in [4.69, 9.17) is 0 Å². The standard InChI is InChI=1S/C17H19BrN4O2S/c1-3-8-25-17-20-9-13(18)15(22-17)16(24)19-10-14(23)21-12-6-4-11(2)5-7-12/h4-7,9H,3,8,10H2,1-2H3,(H,19,24)(H,21,23). The van der Waals surface area contributed by atoms with Crippen LogP contribution in [0.4, 0.5) is 5.69 Å². The third kappa shape index (κ3) is 6.13. The van der Waals surface area contributed by atoms with Crippen molar-refractivity contribution in [3.63, 3.8) is 0 Å². The highest BCUT2D eigenvalue weighted by atomic mass is 79.9. The van der Waals surface area contributed by atoms with Gasteiger partial charge in [-0.1, -0.05) is 36.4 Å².